The number of carbonyl (C=O) groups is 2. The van der Waals surface area contributed by atoms with Gasteiger partial charge in [0.25, 0.3) is 5.91 Å². The van der Waals surface area contributed by atoms with E-state index in [0.29, 0.717) is 30.8 Å². The van der Waals surface area contributed by atoms with Crippen molar-refractivity contribution in [3.05, 3.63) is 78.0 Å². The number of hydrogen-bond donors (Lipinski definition) is 2. The van der Waals surface area contributed by atoms with Gasteiger partial charge in [-0.15, -0.1) is 0 Å². The van der Waals surface area contributed by atoms with Crippen molar-refractivity contribution in [2.75, 3.05) is 52.0 Å². The third-order valence-corrected chi connectivity index (χ3v) is 7.18. The van der Waals surface area contributed by atoms with Crippen molar-refractivity contribution in [2.24, 2.45) is 0 Å². The first kappa shape index (κ1) is 25.7. The molecule has 2 fully saturated rings. The van der Waals surface area contributed by atoms with E-state index in [4.69, 9.17) is 10.5 Å². The van der Waals surface area contributed by atoms with Gasteiger partial charge in [-0.25, -0.2) is 9.78 Å². The van der Waals surface area contributed by atoms with Gasteiger partial charge in [0.05, 0.1) is 5.56 Å². The predicted molar refractivity (Wildman–Crippen MR) is 147 cm³/mol. The Bertz CT molecular complexity index is 1260. The normalized spacial score (nSPS) is 18.3. The third kappa shape index (κ3) is 6.30. The fourth-order valence-electron chi connectivity index (χ4n) is 4.84. The lowest BCUT2D eigenvalue weighted by atomic mass is 10.0. The van der Waals surface area contributed by atoms with Crippen molar-refractivity contribution in [3.63, 3.8) is 0 Å². The standard InChI is InChI=1S/C29H34N6O3/c1-33-13-15-34(16-14-33)19-21-7-9-22(10-8-21)23-17-26(27(30)31-18-23)28(36)32-24-11-12-35(20-24)29(37)38-25-5-3-2-4-6-25/h2-10,17-18,24H,11-16,19-20H2,1H3,(H2,30,31)(H,32,36)/t24-/m1/s1. The molecule has 0 aliphatic carbocycles. The number of rotatable bonds is 6. The minimum atomic E-state index is -0.424. The van der Waals surface area contributed by atoms with Gasteiger partial charge in [0.15, 0.2) is 0 Å². The van der Waals surface area contributed by atoms with E-state index in [2.05, 4.69) is 51.4 Å². The predicted octanol–water partition coefficient (Wildman–Crippen LogP) is 3.08. The SMILES string of the molecule is CN1CCN(Cc2ccc(-c3cnc(N)c(C(=O)N[C@@H]4CCN(C(=O)Oc5ccccc5)C4)c3)cc2)CC1. The summed E-state index contributed by atoms with van der Waals surface area (Å²) in [6.07, 6.45) is 1.91. The maximum Gasteiger partial charge on any atom is 0.415 e. The second kappa shape index (κ2) is 11.6. The van der Waals surface area contributed by atoms with E-state index in [1.165, 1.54) is 5.56 Å². The summed E-state index contributed by atoms with van der Waals surface area (Å²) in [5, 5.41) is 3.00. The molecule has 2 saturated heterocycles. The van der Waals surface area contributed by atoms with Gasteiger partial charge in [-0.1, -0.05) is 42.5 Å². The van der Waals surface area contributed by atoms with E-state index in [9.17, 15) is 9.59 Å². The van der Waals surface area contributed by atoms with Gasteiger partial charge in [-0.2, -0.15) is 0 Å². The summed E-state index contributed by atoms with van der Waals surface area (Å²) >= 11 is 0. The van der Waals surface area contributed by atoms with E-state index in [1.807, 2.05) is 18.2 Å². The maximum atomic E-state index is 13.1. The Morgan fingerprint density at radius 2 is 1.74 bits per heavy atom. The van der Waals surface area contributed by atoms with Crippen LogP contribution in [0.2, 0.25) is 0 Å². The van der Waals surface area contributed by atoms with Crippen LogP contribution in [-0.4, -0.2) is 84.0 Å². The molecule has 9 nitrogen and oxygen atoms in total. The van der Waals surface area contributed by atoms with Gasteiger partial charge in [0.1, 0.15) is 11.6 Å². The molecule has 5 rings (SSSR count). The monoisotopic (exact) mass is 514 g/mol. The number of amides is 2. The average molecular weight is 515 g/mol. The molecule has 2 aliphatic heterocycles. The first-order chi connectivity index (χ1) is 18.4. The van der Waals surface area contributed by atoms with E-state index < -0.39 is 6.09 Å². The fraction of sp³-hybridized carbons (Fsp3) is 0.345. The fourth-order valence-corrected chi connectivity index (χ4v) is 4.84. The Labute approximate surface area is 223 Å². The third-order valence-electron chi connectivity index (χ3n) is 7.18. The highest BCUT2D eigenvalue weighted by Crippen LogP contribution is 2.24. The smallest absolute Gasteiger partial charge is 0.410 e. The molecule has 0 saturated carbocycles. The van der Waals surface area contributed by atoms with E-state index in [-0.39, 0.29) is 17.8 Å². The number of pyridine rings is 1. The van der Waals surface area contributed by atoms with E-state index in [0.717, 1.165) is 43.9 Å². The molecular formula is C29H34N6O3. The Balaban J connectivity index is 1.18. The van der Waals surface area contributed by atoms with Gasteiger partial charge < -0.3 is 25.6 Å². The van der Waals surface area contributed by atoms with E-state index in [1.54, 1.807) is 29.3 Å². The van der Waals surface area contributed by atoms with Crippen LogP contribution in [0.25, 0.3) is 11.1 Å². The van der Waals surface area contributed by atoms with Crippen LogP contribution in [-0.2, 0) is 6.54 Å². The van der Waals surface area contributed by atoms with Crippen molar-refractivity contribution < 1.29 is 14.3 Å². The number of nitrogen functional groups attached to an aromatic ring is 1. The first-order valence-corrected chi connectivity index (χ1v) is 13.0. The molecular weight excluding hydrogens is 480 g/mol. The van der Waals surface area contributed by atoms with Crippen molar-refractivity contribution in [3.8, 4) is 16.9 Å². The number of ether oxygens (including phenoxy) is 1. The molecule has 1 atom stereocenters. The molecule has 0 spiro atoms. The largest absolute Gasteiger partial charge is 0.415 e. The number of anilines is 1. The molecule has 1 aromatic heterocycles. The molecule has 3 N–H and O–H groups in total. The lowest BCUT2D eigenvalue weighted by molar-refractivity contribution is 0.0937. The van der Waals surface area contributed by atoms with Crippen molar-refractivity contribution in [1.29, 1.82) is 0 Å². The number of nitrogens with two attached hydrogens (primary N) is 1. The van der Waals surface area contributed by atoms with Crippen LogP contribution in [0, 0.1) is 0 Å². The quantitative estimate of drug-likeness (QED) is 0.521. The zero-order valence-electron chi connectivity index (χ0n) is 21.7. The number of piperazine rings is 1. The van der Waals surface area contributed by atoms with Gasteiger partial charge in [0.2, 0.25) is 0 Å². The molecule has 2 aromatic carbocycles. The maximum absolute atomic E-state index is 13.1. The van der Waals surface area contributed by atoms with Crippen LogP contribution >= 0.6 is 0 Å². The summed E-state index contributed by atoms with van der Waals surface area (Å²) < 4.78 is 5.41. The van der Waals surface area contributed by atoms with Crippen LogP contribution in [0.3, 0.4) is 0 Å². The number of hydrogen-bond acceptors (Lipinski definition) is 7. The number of aromatic nitrogens is 1. The number of nitrogens with zero attached hydrogens (tertiary/aromatic N) is 4. The highest BCUT2D eigenvalue weighted by Gasteiger charge is 2.29. The van der Waals surface area contributed by atoms with Gasteiger partial charge in [-0.3, -0.25) is 9.69 Å². The van der Waals surface area contributed by atoms with Crippen molar-refractivity contribution >= 4 is 17.8 Å². The zero-order valence-corrected chi connectivity index (χ0v) is 21.7. The summed E-state index contributed by atoms with van der Waals surface area (Å²) in [7, 11) is 2.16. The molecule has 38 heavy (non-hydrogen) atoms. The van der Waals surface area contributed by atoms with Crippen LogP contribution < -0.4 is 15.8 Å². The molecule has 0 bridgehead atoms. The lowest BCUT2D eigenvalue weighted by Gasteiger charge is -2.32. The van der Waals surface area contributed by atoms with Crippen LogP contribution in [0.5, 0.6) is 5.75 Å². The minimum absolute atomic E-state index is 0.177. The van der Waals surface area contributed by atoms with Crippen molar-refractivity contribution in [2.45, 2.75) is 19.0 Å². The Morgan fingerprint density at radius 1 is 1.00 bits per heavy atom. The second-order valence-corrected chi connectivity index (χ2v) is 10.0. The molecule has 9 heteroatoms. The summed E-state index contributed by atoms with van der Waals surface area (Å²) in [6, 6.07) is 18.9. The van der Waals surface area contributed by atoms with Crippen molar-refractivity contribution in [1.82, 2.24) is 25.0 Å². The van der Waals surface area contributed by atoms with Crippen LogP contribution in [0.4, 0.5) is 10.6 Å². The molecule has 2 amide bonds. The van der Waals surface area contributed by atoms with Gasteiger partial charge in [0, 0.05) is 63.6 Å². The summed E-state index contributed by atoms with van der Waals surface area (Å²) in [5.41, 5.74) is 9.47. The number of benzene rings is 2. The summed E-state index contributed by atoms with van der Waals surface area (Å²) in [4.78, 5) is 36.3. The topological polar surface area (TPSA) is 104 Å². The van der Waals surface area contributed by atoms with Gasteiger partial charge in [-0.05, 0) is 42.8 Å². The number of likely N-dealkylation sites (N-methyl/N-ethyl adjacent to an activating group) is 1. The Hall–Kier alpha value is -3.95. The number of para-hydroxylation sites is 1. The summed E-state index contributed by atoms with van der Waals surface area (Å²) in [5.74, 6) is 0.371. The molecule has 0 radical (unpaired) electrons. The number of likely N-dealkylation sites (tertiary alicyclic amines) is 1. The van der Waals surface area contributed by atoms with Crippen LogP contribution in [0.1, 0.15) is 22.3 Å². The average Bonchev–Trinajstić information content (AvgIpc) is 3.40. The van der Waals surface area contributed by atoms with Crippen LogP contribution in [0.15, 0.2) is 66.9 Å². The minimum Gasteiger partial charge on any atom is -0.410 e. The summed E-state index contributed by atoms with van der Waals surface area (Å²) in [6.45, 7) is 6.15. The first-order valence-electron chi connectivity index (χ1n) is 13.0. The second-order valence-electron chi connectivity index (χ2n) is 10.0. The Morgan fingerprint density at radius 3 is 2.47 bits per heavy atom. The lowest BCUT2D eigenvalue weighted by Crippen LogP contribution is -2.43. The highest BCUT2D eigenvalue weighted by atomic mass is 16.6. The van der Waals surface area contributed by atoms with E-state index >= 15 is 0 Å². The zero-order chi connectivity index (χ0) is 26.5. The highest BCUT2D eigenvalue weighted by molar-refractivity contribution is 5.99. The Kier molecular flexibility index (Phi) is 7.86. The molecule has 0 unspecified atom stereocenters. The molecule has 3 aromatic rings. The molecule has 2 aliphatic rings. The number of nitrogens with one attached hydrogen (secondary N) is 1. The molecule has 3 heterocycles. The van der Waals surface area contributed by atoms with Gasteiger partial charge >= 0.3 is 6.09 Å². The number of carbonyl (C=O) groups excluding carboxylic acids is 2. The molecule has 198 valence electrons.